The lowest BCUT2D eigenvalue weighted by Gasteiger charge is -2.34. The number of fused-ring (bicyclic) bond motifs is 2. The van der Waals surface area contributed by atoms with Crippen molar-refractivity contribution in [3.05, 3.63) is 47.9 Å². The Balaban J connectivity index is 1.36. The van der Waals surface area contributed by atoms with Crippen LogP contribution in [0.4, 0.5) is 5.13 Å². The van der Waals surface area contributed by atoms with Crippen LogP contribution in [0.2, 0.25) is 0 Å². The van der Waals surface area contributed by atoms with Crippen molar-refractivity contribution in [3.63, 3.8) is 0 Å². The molecular weight excluding hydrogens is 388 g/mol. The average Bonchev–Trinajstić information content (AvgIpc) is 3.33. The predicted octanol–water partition coefficient (Wildman–Crippen LogP) is 3.72. The van der Waals surface area contributed by atoms with Crippen LogP contribution in [0.15, 0.2) is 40.9 Å². The maximum Gasteiger partial charge on any atom is 0.258 e. The minimum Gasteiger partial charge on any atom is -0.497 e. The van der Waals surface area contributed by atoms with Crippen LogP contribution in [0.25, 0.3) is 21.3 Å². The number of carbonyl (C=O) groups excluding carboxylic acids is 1. The molecule has 1 amide bonds. The molecule has 1 aliphatic rings. The number of ether oxygens (including phenoxy) is 1. The second-order valence-electron chi connectivity index (χ2n) is 7.00. The number of rotatable bonds is 3. The highest BCUT2D eigenvalue weighted by Gasteiger charge is 2.28. The molecule has 1 aromatic carbocycles. The van der Waals surface area contributed by atoms with Gasteiger partial charge in [0, 0.05) is 37.8 Å². The van der Waals surface area contributed by atoms with Gasteiger partial charge in [0.2, 0.25) is 0 Å². The van der Waals surface area contributed by atoms with E-state index in [1.165, 1.54) is 0 Å². The van der Waals surface area contributed by atoms with E-state index in [0.29, 0.717) is 35.7 Å². The molecule has 1 saturated heterocycles. The smallest absolute Gasteiger partial charge is 0.258 e. The summed E-state index contributed by atoms with van der Waals surface area (Å²) in [6.45, 7) is 4.59. The molecule has 4 heterocycles. The number of aryl methyl sites for hydroxylation is 1. The number of furan rings is 1. The van der Waals surface area contributed by atoms with Gasteiger partial charge in [-0.2, -0.15) is 0 Å². The Morgan fingerprint density at radius 2 is 2.03 bits per heavy atom. The van der Waals surface area contributed by atoms with Crippen LogP contribution in [0.5, 0.6) is 5.75 Å². The molecule has 0 spiro atoms. The third kappa shape index (κ3) is 3.09. The Kier molecular flexibility index (Phi) is 4.35. The zero-order chi connectivity index (χ0) is 20.0. The molecule has 8 heteroatoms. The summed E-state index contributed by atoms with van der Waals surface area (Å²) in [6.07, 6.45) is 1.79. The van der Waals surface area contributed by atoms with Gasteiger partial charge in [-0.15, -0.1) is 0 Å². The number of anilines is 1. The van der Waals surface area contributed by atoms with Gasteiger partial charge in [-0.3, -0.25) is 4.79 Å². The quantitative estimate of drug-likeness (QED) is 0.515. The Morgan fingerprint density at radius 1 is 1.21 bits per heavy atom. The maximum absolute atomic E-state index is 13.3. The fraction of sp³-hybridized carbons (Fsp3) is 0.286. The largest absolute Gasteiger partial charge is 0.497 e. The van der Waals surface area contributed by atoms with Gasteiger partial charge in [-0.1, -0.05) is 11.3 Å². The molecule has 0 aliphatic carbocycles. The van der Waals surface area contributed by atoms with Crippen LogP contribution in [0, 0.1) is 6.92 Å². The van der Waals surface area contributed by atoms with Gasteiger partial charge in [0.25, 0.3) is 5.91 Å². The van der Waals surface area contributed by atoms with Gasteiger partial charge >= 0.3 is 0 Å². The standard InChI is InChI=1S/C21H20N4O3S/c1-13-18(15-12-14(27-2)5-6-17(15)28-13)20(26)24-8-10-25(11-9-24)21-23-16-4-3-7-22-19(16)29-21/h3-7,12H,8-11H2,1-2H3. The number of carbonyl (C=O) groups is 1. The van der Waals surface area contributed by atoms with E-state index in [2.05, 4.69) is 14.9 Å². The molecule has 0 bridgehead atoms. The van der Waals surface area contributed by atoms with E-state index in [9.17, 15) is 4.79 Å². The van der Waals surface area contributed by atoms with E-state index in [4.69, 9.17) is 9.15 Å². The van der Waals surface area contributed by atoms with E-state index in [0.717, 1.165) is 34.0 Å². The minimum atomic E-state index is 0.000111. The molecule has 1 fully saturated rings. The van der Waals surface area contributed by atoms with E-state index in [1.54, 1.807) is 24.6 Å². The summed E-state index contributed by atoms with van der Waals surface area (Å²) in [7, 11) is 1.62. The first-order valence-electron chi connectivity index (χ1n) is 9.47. The van der Waals surface area contributed by atoms with E-state index < -0.39 is 0 Å². The van der Waals surface area contributed by atoms with Gasteiger partial charge in [0.15, 0.2) is 5.13 Å². The Bertz CT molecular complexity index is 1170. The summed E-state index contributed by atoms with van der Waals surface area (Å²) < 4.78 is 11.1. The number of pyridine rings is 1. The summed E-state index contributed by atoms with van der Waals surface area (Å²) in [5, 5.41) is 1.76. The molecule has 29 heavy (non-hydrogen) atoms. The number of amides is 1. The monoisotopic (exact) mass is 408 g/mol. The van der Waals surface area contributed by atoms with Crippen molar-refractivity contribution < 1.29 is 13.9 Å². The number of benzene rings is 1. The third-order valence-corrected chi connectivity index (χ3v) is 6.32. The Labute approximate surface area is 171 Å². The van der Waals surface area contributed by atoms with E-state index >= 15 is 0 Å². The topological polar surface area (TPSA) is 71.7 Å². The van der Waals surface area contributed by atoms with Crippen LogP contribution in [0.3, 0.4) is 0 Å². The zero-order valence-electron chi connectivity index (χ0n) is 16.2. The average molecular weight is 408 g/mol. The zero-order valence-corrected chi connectivity index (χ0v) is 17.0. The lowest BCUT2D eigenvalue weighted by atomic mass is 10.1. The van der Waals surface area contributed by atoms with Crippen molar-refractivity contribution >= 4 is 43.7 Å². The number of hydrogen-bond donors (Lipinski definition) is 0. The number of piperazine rings is 1. The lowest BCUT2D eigenvalue weighted by Crippen LogP contribution is -2.48. The molecule has 0 N–H and O–H groups in total. The second kappa shape index (κ2) is 7.04. The van der Waals surface area contributed by atoms with Crippen molar-refractivity contribution in [1.29, 1.82) is 0 Å². The van der Waals surface area contributed by atoms with Gasteiger partial charge in [0.05, 0.1) is 12.7 Å². The van der Waals surface area contributed by atoms with Crippen LogP contribution >= 0.6 is 11.3 Å². The number of nitrogens with zero attached hydrogens (tertiary/aromatic N) is 4. The minimum absolute atomic E-state index is 0.000111. The van der Waals surface area contributed by atoms with Crippen molar-refractivity contribution in [1.82, 2.24) is 14.9 Å². The first-order valence-corrected chi connectivity index (χ1v) is 10.3. The number of hydrogen-bond acceptors (Lipinski definition) is 7. The molecule has 0 unspecified atom stereocenters. The maximum atomic E-state index is 13.3. The molecular formula is C21H20N4O3S. The van der Waals surface area contributed by atoms with E-state index in [-0.39, 0.29) is 5.91 Å². The van der Waals surface area contributed by atoms with Crippen molar-refractivity contribution in [3.8, 4) is 5.75 Å². The highest BCUT2D eigenvalue weighted by atomic mass is 32.1. The molecule has 0 atom stereocenters. The highest BCUT2D eigenvalue weighted by Crippen LogP contribution is 2.31. The number of aromatic nitrogens is 2. The Hall–Kier alpha value is -3.13. The summed E-state index contributed by atoms with van der Waals surface area (Å²) in [5.41, 5.74) is 2.24. The van der Waals surface area contributed by atoms with Crippen molar-refractivity contribution in [2.24, 2.45) is 0 Å². The fourth-order valence-corrected chi connectivity index (χ4v) is 4.70. The summed E-state index contributed by atoms with van der Waals surface area (Å²) in [5.74, 6) is 1.35. The summed E-state index contributed by atoms with van der Waals surface area (Å²) in [6, 6.07) is 9.42. The van der Waals surface area contributed by atoms with E-state index in [1.807, 2.05) is 42.2 Å². The first kappa shape index (κ1) is 17.9. The van der Waals surface area contributed by atoms with Gasteiger partial charge in [-0.25, -0.2) is 9.97 Å². The van der Waals surface area contributed by atoms with Crippen molar-refractivity contribution in [2.75, 3.05) is 38.2 Å². The molecule has 0 saturated carbocycles. The summed E-state index contributed by atoms with van der Waals surface area (Å²) >= 11 is 1.59. The number of methoxy groups -OCH3 is 1. The molecule has 4 aromatic rings. The number of thiazole rings is 1. The van der Waals surface area contributed by atoms with Gasteiger partial charge in [0.1, 0.15) is 27.4 Å². The molecule has 5 rings (SSSR count). The molecule has 7 nitrogen and oxygen atoms in total. The SMILES string of the molecule is COc1ccc2oc(C)c(C(=O)N3CCN(c4nc5cccnc5s4)CC3)c2c1. The van der Waals surface area contributed by atoms with Crippen LogP contribution < -0.4 is 9.64 Å². The molecule has 3 aromatic heterocycles. The predicted molar refractivity (Wildman–Crippen MR) is 113 cm³/mol. The molecule has 0 radical (unpaired) electrons. The Morgan fingerprint density at radius 3 is 2.79 bits per heavy atom. The molecule has 148 valence electrons. The fourth-order valence-electron chi connectivity index (χ4n) is 3.74. The van der Waals surface area contributed by atoms with Gasteiger partial charge < -0.3 is 19.0 Å². The molecule has 1 aliphatic heterocycles. The van der Waals surface area contributed by atoms with Crippen LogP contribution in [-0.2, 0) is 0 Å². The van der Waals surface area contributed by atoms with Gasteiger partial charge in [-0.05, 0) is 37.3 Å². The normalized spacial score (nSPS) is 14.7. The first-order chi connectivity index (χ1) is 14.1. The lowest BCUT2D eigenvalue weighted by molar-refractivity contribution is 0.0746. The highest BCUT2D eigenvalue weighted by molar-refractivity contribution is 7.21. The summed E-state index contributed by atoms with van der Waals surface area (Å²) in [4.78, 5) is 27.4. The third-order valence-electron chi connectivity index (χ3n) is 5.28. The van der Waals surface area contributed by atoms with Crippen LogP contribution in [0.1, 0.15) is 16.1 Å². The van der Waals surface area contributed by atoms with Crippen molar-refractivity contribution in [2.45, 2.75) is 6.92 Å². The van der Waals surface area contributed by atoms with Crippen LogP contribution in [-0.4, -0.2) is 54.1 Å². The second-order valence-corrected chi connectivity index (χ2v) is 7.95.